The largest absolute Gasteiger partial charge is 0.318 e. The highest BCUT2D eigenvalue weighted by molar-refractivity contribution is 4.98. The normalized spacial score (nSPS) is 11.8. The molecule has 0 saturated heterocycles. The summed E-state index contributed by atoms with van der Waals surface area (Å²) >= 11 is 0. The molecule has 0 aromatic rings. The molecule has 78 valence electrons. The molecule has 0 aliphatic heterocycles. The first-order valence-corrected chi connectivity index (χ1v) is 5.08. The highest BCUT2D eigenvalue weighted by Crippen LogP contribution is 2.05. The molecule has 13 heavy (non-hydrogen) atoms. The summed E-state index contributed by atoms with van der Waals surface area (Å²) in [6.07, 6.45) is 4.45. The Morgan fingerprint density at radius 3 is 2.38 bits per heavy atom. The van der Waals surface area contributed by atoms with Crippen LogP contribution in [0.15, 0.2) is 11.8 Å². The van der Waals surface area contributed by atoms with Crippen molar-refractivity contribution in [2.45, 2.75) is 26.7 Å². The maximum atomic E-state index is 3.20. The van der Waals surface area contributed by atoms with Crippen LogP contribution in [0, 0.1) is 0 Å². The highest BCUT2D eigenvalue weighted by atomic mass is 15.5. The lowest BCUT2D eigenvalue weighted by Gasteiger charge is -2.25. The maximum Gasteiger partial charge on any atom is 0.0465 e. The summed E-state index contributed by atoms with van der Waals surface area (Å²) < 4.78 is 0. The lowest BCUT2D eigenvalue weighted by Crippen LogP contribution is -2.38. The Morgan fingerprint density at radius 1 is 1.31 bits per heavy atom. The molecule has 0 radical (unpaired) electrons. The Balaban J connectivity index is 4.08. The van der Waals surface area contributed by atoms with E-state index in [2.05, 4.69) is 35.7 Å². The Hall–Kier alpha value is -0.540. The van der Waals surface area contributed by atoms with Crippen molar-refractivity contribution >= 4 is 0 Å². The molecule has 3 heteroatoms. The van der Waals surface area contributed by atoms with Gasteiger partial charge in [0.05, 0.1) is 0 Å². The fraction of sp³-hybridized carbons (Fsp3) is 0.800. The van der Waals surface area contributed by atoms with Crippen LogP contribution in [0.4, 0.5) is 0 Å². The van der Waals surface area contributed by atoms with Crippen molar-refractivity contribution in [2.75, 3.05) is 27.2 Å². The number of nitrogens with zero attached hydrogens (tertiary/aromatic N) is 1. The number of nitrogens with one attached hydrogen (secondary N) is 2. The summed E-state index contributed by atoms with van der Waals surface area (Å²) in [5.74, 6) is 0. The fourth-order valence-corrected chi connectivity index (χ4v) is 1.30. The van der Waals surface area contributed by atoms with Gasteiger partial charge in [-0.2, -0.15) is 0 Å². The van der Waals surface area contributed by atoms with Crippen molar-refractivity contribution in [2.24, 2.45) is 0 Å². The zero-order valence-corrected chi connectivity index (χ0v) is 9.35. The van der Waals surface area contributed by atoms with Gasteiger partial charge in [0.15, 0.2) is 0 Å². The monoisotopic (exact) mass is 185 g/mol. The third-order valence-corrected chi connectivity index (χ3v) is 2.00. The average Bonchev–Trinajstić information content (AvgIpc) is 2.17. The highest BCUT2D eigenvalue weighted by Gasteiger charge is 2.03. The van der Waals surface area contributed by atoms with Crippen molar-refractivity contribution in [1.29, 1.82) is 0 Å². The first kappa shape index (κ1) is 12.5. The van der Waals surface area contributed by atoms with E-state index in [1.807, 2.05) is 14.1 Å². The van der Waals surface area contributed by atoms with Crippen LogP contribution < -0.4 is 10.7 Å². The van der Waals surface area contributed by atoms with Gasteiger partial charge in [-0.05, 0) is 19.9 Å². The standard InChI is InChI=1S/C10H23N3/c1-5-7-10(6-2)13(12-4)9-8-11-3/h7,11-12H,5-6,8-9H2,1-4H3/b10-7-. The van der Waals surface area contributed by atoms with Crippen molar-refractivity contribution < 1.29 is 0 Å². The van der Waals surface area contributed by atoms with Crippen LogP contribution in [0.3, 0.4) is 0 Å². The maximum absolute atomic E-state index is 3.20. The van der Waals surface area contributed by atoms with E-state index < -0.39 is 0 Å². The van der Waals surface area contributed by atoms with Crippen LogP contribution in [0.5, 0.6) is 0 Å². The second-order valence-electron chi connectivity index (χ2n) is 2.94. The lowest BCUT2D eigenvalue weighted by atomic mass is 10.2. The van der Waals surface area contributed by atoms with Gasteiger partial charge < -0.3 is 10.3 Å². The van der Waals surface area contributed by atoms with Crippen LogP contribution in [0.1, 0.15) is 26.7 Å². The van der Waals surface area contributed by atoms with Gasteiger partial charge in [-0.15, -0.1) is 0 Å². The summed E-state index contributed by atoms with van der Waals surface area (Å²) in [7, 11) is 3.94. The van der Waals surface area contributed by atoms with Gasteiger partial charge in [0.2, 0.25) is 0 Å². The Labute approximate surface area is 82.2 Å². The number of likely N-dealkylation sites (N-methyl/N-ethyl adjacent to an activating group) is 1. The van der Waals surface area contributed by atoms with Gasteiger partial charge in [-0.1, -0.05) is 19.9 Å². The molecular weight excluding hydrogens is 162 g/mol. The van der Waals surface area contributed by atoms with E-state index in [9.17, 15) is 0 Å². The second-order valence-corrected chi connectivity index (χ2v) is 2.94. The number of rotatable bonds is 7. The van der Waals surface area contributed by atoms with E-state index in [0.717, 1.165) is 25.9 Å². The van der Waals surface area contributed by atoms with E-state index in [-0.39, 0.29) is 0 Å². The Morgan fingerprint density at radius 2 is 2.00 bits per heavy atom. The molecule has 0 bridgehead atoms. The van der Waals surface area contributed by atoms with Crippen molar-refractivity contribution in [1.82, 2.24) is 15.8 Å². The predicted molar refractivity (Wildman–Crippen MR) is 58.4 cm³/mol. The number of allylic oxidation sites excluding steroid dienone is 2. The molecule has 0 fully saturated rings. The zero-order valence-electron chi connectivity index (χ0n) is 9.35. The third kappa shape index (κ3) is 4.90. The van der Waals surface area contributed by atoms with Gasteiger partial charge in [0, 0.05) is 25.8 Å². The minimum absolute atomic E-state index is 1.00. The van der Waals surface area contributed by atoms with Gasteiger partial charge in [0.25, 0.3) is 0 Å². The van der Waals surface area contributed by atoms with Gasteiger partial charge >= 0.3 is 0 Å². The summed E-state index contributed by atoms with van der Waals surface area (Å²) in [4.78, 5) is 0. The topological polar surface area (TPSA) is 27.3 Å². The lowest BCUT2D eigenvalue weighted by molar-refractivity contribution is 0.264. The minimum Gasteiger partial charge on any atom is -0.318 e. The molecule has 3 nitrogen and oxygen atoms in total. The van der Waals surface area contributed by atoms with Crippen LogP contribution in [-0.2, 0) is 0 Å². The molecule has 0 aliphatic rings. The smallest absolute Gasteiger partial charge is 0.0465 e. The second kappa shape index (κ2) is 8.08. The molecule has 0 spiro atoms. The Kier molecular flexibility index (Phi) is 7.74. The molecule has 0 rings (SSSR count). The number of hydrogen-bond donors (Lipinski definition) is 2. The van der Waals surface area contributed by atoms with Gasteiger partial charge in [-0.25, -0.2) is 5.43 Å². The van der Waals surface area contributed by atoms with Crippen molar-refractivity contribution in [3.8, 4) is 0 Å². The van der Waals surface area contributed by atoms with E-state index in [4.69, 9.17) is 0 Å². The van der Waals surface area contributed by atoms with E-state index >= 15 is 0 Å². The third-order valence-electron chi connectivity index (χ3n) is 2.00. The molecular formula is C10H23N3. The van der Waals surface area contributed by atoms with Crippen LogP contribution in [0.25, 0.3) is 0 Å². The molecule has 0 heterocycles. The van der Waals surface area contributed by atoms with Crippen LogP contribution >= 0.6 is 0 Å². The van der Waals surface area contributed by atoms with Crippen LogP contribution in [0.2, 0.25) is 0 Å². The summed E-state index contributed by atoms with van der Waals surface area (Å²) in [5, 5.41) is 5.34. The molecule has 2 N–H and O–H groups in total. The van der Waals surface area contributed by atoms with E-state index in [1.165, 1.54) is 5.70 Å². The fourth-order valence-electron chi connectivity index (χ4n) is 1.30. The average molecular weight is 185 g/mol. The first-order valence-electron chi connectivity index (χ1n) is 5.08. The predicted octanol–water partition coefficient (Wildman–Crippen LogP) is 1.35. The minimum atomic E-state index is 1.00. The Bertz CT molecular complexity index is 143. The molecule has 0 unspecified atom stereocenters. The molecule has 0 aromatic heterocycles. The molecule has 0 aliphatic carbocycles. The number of hydrazine groups is 1. The SMILES string of the molecule is CC/C=C(/CC)N(CCNC)NC. The van der Waals surface area contributed by atoms with E-state index in [1.54, 1.807) is 0 Å². The zero-order chi connectivity index (χ0) is 10.1. The van der Waals surface area contributed by atoms with Crippen molar-refractivity contribution in [3.63, 3.8) is 0 Å². The summed E-state index contributed by atoms with van der Waals surface area (Å²) in [5.41, 5.74) is 4.57. The molecule has 0 aromatic carbocycles. The van der Waals surface area contributed by atoms with Crippen LogP contribution in [-0.4, -0.2) is 32.2 Å². The summed E-state index contributed by atoms with van der Waals surface area (Å²) in [6, 6.07) is 0. The first-order chi connectivity index (χ1) is 6.29. The molecule has 0 amide bonds. The quantitative estimate of drug-likeness (QED) is 0.586. The van der Waals surface area contributed by atoms with E-state index in [0.29, 0.717) is 0 Å². The van der Waals surface area contributed by atoms with Gasteiger partial charge in [-0.3, -0.25) is 0 Å². The molecule has 0 atom stereocenters. The molecule has 0 saturated carbocycles. The van der Waals surface area contributed by atoms with Crippen molar-refractivity contribution in [3.05, 3.63) is 11.8 Å². The number of hydrogen-bond acceptors (Lipinski definition) is 3. The summed E-state index contributed by atoms with van der Waals surface area (Å²) in [6.45, 7) is 6.36. The van der Waals surface area contributed by atoms with Gasteiger partial charge in [0.1, 0.15) is 0 Å².